The van der Waals surface area contributed by atoms with Gasteiger partial charge in [-0.1, -0.05) is 19.3 Å². The van der Waals surface area contributed by atoms with Gasteiger partial charge in [-0.2, -0.15) is 13.2 Å². The number of halogens is 3. The summed E-state index contributed by atoms with van der Waals surface area (Å²) in [5.41, 5.74) is 0.185. The summed E-state index contributed by atoms with van der Waals surface area (Å²) in [5.74, 6) is 1.31. The lowest BCUT2D eigenvalue weighted by atomic mass is 9.80. The maximum absolute atomic E-state index is 12.5. The number of alkyl halides is 3. The van der Waals surface area contributed by atoms with Crippen molar-refractivity contribution in [3.8, 4) is 0 Å². The Kier molecular flexibility index (Phi) is 9.28. The largest absolute Gasteiger partial charge is 0.401 e. The van der Waals surface area contributed by atoms with Gasteiger partial charge in [0.1, 0.15) is 0 Å². The molecule has 0 aromatic rings. The first-order valence-electron chi connectivity index (χ1n) is 12.0. The van der Waals surface area contributed by atoms with Gasteiger partial charge in [-0.3, -0.25) is 14.8 Å². The number of hydrogen-bond donors (Lipinski definition) is 2. The standard InChI is InChI=1S/C22H40F3N5O/c1-26-20(27-10-5-19-6-11-29(12-7-19)18-22(23,24)25)28-17-21(8-3-2-4-9-21)30-13-15-31-16-14-30/h19H,2-18H2,1H3,(H2,26,27,28). The average Bonchev–Trinajstić information content (AvgIpc) is 2.77. The Morgan fingerprint density at radius 2 is 1.71 bits per heavy atom. The molecule has 3 rings (SSSR count). The van der Waals surface area contributed by atoms with Crippen LogP contribution in [0.5, 0.6) is 0 Å². The molecule has 0 bridgehead atoms. The maximum atomic E-state index is 12.5. The van der Waals surface area contributed by atoms with Crippen molar-refractivity contribution in [1.82, 2.24) is 20.4 Å². The summed E-state index contributed by atoms with van der Waals surface area (Å²) in [6, 6.07) is 0. The number of likely N-dealkylation sites (tertiary alicyclic amines) is 1. The molecule has 31 heavy (non-hydrogen) atoms. The Hall–Kier alpha value is -1.06. The van der Waals surface area contributed by atoms with Crippen molar-refractivity contribution in [2.75, 3.05) is 66.1 Å². The second-order valence-corrected chi connectivity index (χ2v) is 9.36. The minimum atomic E-state index is -4.09. The number of rotatable bonds is 7. The molecule has 2 heterocycles. The van der Waals surface area contributed by atoms with Gasteiger partial charge in [-0.15, -0.1) is 0 Å². The van der Waals surface area contributed by atoms with Crippen LogP contribution in [0.1, 0.15) is 51.4 Å². The molecule has 3 aliphatic rings. The van der Waals surface area contributed by atoms with Crippen molar-refractivity contribution in [2.45, 2.75) is 63.1 Å². The Labute approximate surface area is 185 Å². The first-order valence-corrected chi connectivity index (χ1v) is 12.0. The van der Waals surface area contributed by atoms with E-state index in [1.54, 1.807) is 7.05 Å². The van der Waals surface area contributed by atoms with E-state index in [4.69, 9.17) is 4.74 Å². The van der Waals surface area contributed by atoms with E-state index in [0.29, 0.717) is 19.0 Å². The molecule has 0 radical (unpaired) electrons. The Balaban J connectivity index is 1.39. The second kappa shape index (κ2) is 11.7. The van der Waals surface area contributed by atoms with Gasteiger partial charge in [0.05, 0.1) is 19.8 Å². The molecule has 0 aromatic carbocycles. The third kappa shape index (κ3) is 7.79. The summed E-state index contributed by atoms with van der Waals surface area (Å²) < 4.78 is 43.2. The highest BCUT2D eigenvalue weighted by atomic mass is 19.4. The molecule has 6 nitrogen and oxygen atoms in total. The van der Waals surface area contributed by atoms with E-state index in [1.165, 1.54) is 37.0 Å². The van der Waals surface area contributed by atoms with Crippen LogP contribution in [0.2, 0.25) is 0 Å². The molecule has 3 fully saturated rings. The second-order valence-electron chi connectivity index (χ2n) is 9.36. The third-order valence-corrected chi connectivity index (χ3v) is 7.23. The highest BCUT2D eigenvalue weighted by Gasteiger charge is 2.38. The van der Waals surface area contributed by atoms with Gasteiger partial charge >= 0.3 is 6.18 Å². The van der Waals surface area contributed by atoms with Crippen LogP contribution in [-0.4, -0.2) is 93.5 Å². The highest BCUT2D eigenvalue weighted by molar-refractivity contribution is 5.79. The summed E-state index contributed by atoms with van der Waals surface area (Å²) in [4.78, 5) is 8.54. The van der Waals surface area contributed by atoms with Gasteiger partial charge in [0, 0.05) is 38.8 Å². The molecule has 1 saturated carbocycles. The Morgan fingerprint density at radius 3 is 2.32 bits per heavy atom. The molecule has 2 N–H and O–H groups in total. The van der Waals surface area contributed by atoms with E-state index >= 15 is 0 Å². The van der Waals surface area contributed by atoms with Crippen LogP contribution in [0.25, 0.3) is 0 Å². The van der Waals surface area contributed by atoms with Crippen LogP contribution >= 0.6 is 0 Å². The molecule has 0 aromatic heterocycles. The van der Waals surface area contributed by atoms with E-state index in [1.807, 2.05) is 0 Å². The minimum absolute atomic E-state index is 0.185. The Bertz CT molecular complexity index is 552. The summed E-state index contributed by atoms with van der Waals surface area (Å²) in [6.45, 7) is 5.63. The van der Waals surface area contributed by atoms with Crippen molar-refractivity contribution >= 4 is 5.96 Å². The van der Waals surface area contributed by atoms with Crippen LogP contribution in [-0.2, 0) is 4.74 Å². The molecule has 1 aliphatic carbocycles. The number of ether oxygens (including phenoxy) is 1. The van der Waals surface area contributed by atoms with Gasteiger partial charge in [0.2, 0.25) is 0 Å². The summed E-state index contributed by atoms with van der Waals surface area (Å²) in [5, 5.41) is 7.00. The molecule has 2 aliphatic heterocycles. The van der Waals surface area contributed by atoms with E-state index < -0.39 is 12.7 Å². The van der Waals surface area contributed by atoms with Crippen molar-refractivity contribution in [1.29, 1.82) is 0 Å². The van der Waals surface area contributed by atoms with E-state index in [-0.39, 0.29) is 5.54 Å². The molecular formula is C22H40F3N5O. The normalized spacial score (nSPS) is 24.8. The highest BCUT2D eigenvalue weighted by Crippen LogP contribution is 2.34. The third-order valence-electron chi connectivity index (χ3n) is 7.23. The maximum Gasteiger partial charge on any atom is 0.401 e. The monoisotopic (exact) mass is 447 g/mol. The number of morpholine rings is 1. The quantitative estimate of drug-likeness (QED) is 0.464. The lowest BCUT2D eigenvalue weighted by molar-refractivity contribution is -0.148. The zero-order chi connectivity index (χ0) is 22.2. The fourth-order valence-electron chi connectivity index (χ4n) is 5.40. The lowest BCUT2D eigenvalue weighted by Gasteiger charge is -2.48. The number of nitrogens with zero attached hydrogens (tertiary/aromatic N) is 3. The first kappa shape index (κ1) is 24.6. The SMILES string of the molecule is CN=C(NCCC1CCN(CC(F)(F)F)CC1)NCC1(N2CCOCC2)CCCCC1. The van der Waals surface area contributed by atoms with E-state index in [9.17, 15) is 13.2 Å². The molecule has 2 saturated heterocycles. The topological polar surface area (TPSA) is 52.1 Å². The zero-order valence-electron chi connectivity index (χ0n) is 19.0. The smallest absolute Gasteiger partial charge is 0.379 e. The minimum Gasteiger partial charge on any atom is -0.379 e. The average molecular weight is 448 g/mol. The van der Waals surface area contributed by atoms with Crippen LogP contribution in [0.15, 0.2) is 4.99 Å². The number of aliphatic imine (C=N–C) groups is 1. The van der Waals surface area contributed by atoms with Gasteiger partial charge in [-0.25, -0.2) is 0 Å². The number of piperidine rings is 1. The van der Waals surface area contributed by atoms with Crippen LogP contribution in [0, 0.1) is 5.92 Å². The Morgan fingerprint density at radius 1 is 1.03 bits per heavy atom. The number of guanidine groups is 1. The van der Waals surface area contributed by atoms with E-state index in [2.05, 4.69) is 20.5 Å². The van der Waals surface area contributed by atoms with E-state index in [0.717, 1.165) is 64.6 Å². The van der Waals surface area contributed by atoms with Crippen molar-refractivity contribution in [3.05, 3.63) is 0 Å². The van der Waals surface area contributed by atoms with Gasteiger partial charge in [-0.05, 0) is 51.1 Å². The van der Waals surface area contributed by atoms with Crippen molar-refractivity contribution < 1.29 is 17.9 Å². The molecular weight excluding hydrogens is 407 g/mol. The fraction of sp³-hybridized carbons (Fsp3) is 0.955. The molecule has 0 amide bonds. The molecule has 180 valence electrons. The zero-order valence-corrected chi connectivity index (χ0v) is 19.0. The summed E-state index contributed by atoms with van der Waals surface area (Å²) in [7, 11) is 1.80. The van der Waals surface area contributed by atoms with Crippen molar-refractivity contribution in [2.24, 2.45) is 10.9 Å². The summed E-state index contributed by atoms with van der Waals surface area (Å²) >= 11 is 0. The van der Waals surface area contributed by atoms with Crippen LogP contribution < -0.4 is 10.6 Å². The molecule has 9 heteroatoms. The molecule has 0 atom stereocenters. The fourth-order valence-corrected chi connectivity index (χ4v) is 5.40. The molecule has 0 unspecified atom stereocenters. The molecule has 0 spiro atoms. The van der Waals surface area contributed by atoms with Gasteiger partial charge < -0.3 is 15.4 Å². The van der Waals surface area contributed by atoms with Gasteiger partial charge in [0.15, 0.2) is 5.96 Å². The predicted molar refractivity (Wildman–Crippen MR) is 117 cm³/mol. The summed E-state index contributed by atoms with van der Waals surface area (Å²) in [6.07, 6.45) is 4.85. The predicted octanol–water partition coefficient (Wildman–Crippen LogP) is 2.85. The van der Waals surface area contributed by atoms with Crippen LogP contribution in [0.3, 0.4) is 0 Å². The number of hydrogen-bond acceptors (Lipinski definition) is 4. The number of nitrogens with one attached hydrogen (secondary N) is 2. The van der Waals surface area contributed by atoms with Crippen LogP contribution in [0.4, 0.5) is 13.2 Å². The lowest BCUT2D eigenvalue weighted by Crippen LogP contribution is -2.60. The van der Waals surface area contributed by atoms with Gasteiger partial charge in [0.25, 0.3) is 0 Å². The first-order chi connectivity index (χ1) is 14.9. The van der Waals surface area contributed by atoms with Crippen molar-refractivity contribution in [3.63, 3.8) is 0 Å².